The highest BCUT2D eigenvalue weighted by Crippen LogP contribution is 2.38. The van der Waals surface area contributed by atoms with Crippen molar-refractivity contribution >= 4 is 0 Å². The van der Waals surface area contributed by atoms with Crippen LogP contribution in [0.1, 0.15) is 45.4 Å². The maximum absolute atomic E-state index is 3.92. The zero-order valence-electron chi connectivity index (χ0n) is 11.4. The van der Waals surface area contributed by atoms with Crippen LogP contribution in [0.5, 0.6) is 0 Å². The Kier molecular flexibility index (Phi) is 4.63. The SMILES string of the molecule is C=CCN(CC1(CCC)CCNCC1)C1CC1. The summed E-state index contributed by atoms with van der Waals surface area (Å²) in [6.45, 7) is 11.1. The van der Waals surface area contributed by atoms with Gasteiger partial charge < -0.3 is 5.32 Å². The lowest BCUT2D eigenvalue weighted by molar-refractivity contribution is 0.103. The van der Waals surface area contributed by atoms with Crippen LogP contribution in [0.25, 0.3) is 0 Å². The van der Waals surface area contributed by atoms with Crippen LogP contribution in [0.15, 0.2) is 12.7 Å². The van der Waals surface area contributed by atoms with E-state index in [1.165, 1.54) is 58.2 Å². The Labute approximate surface area is 106 Å². The van der Waals surface area contributed by atoms with Crippen LogP contribution in [0, 0.1) is 5.41 Å². The van der Waals surface area contributed by atoms with E-state index >= 15 is 0 Å². The average Bonchev–Trinajstić information content (AvgIpc) is 3.14. The smallest absolute Gasteiger partial charge is 0.0163 e. The largest absolute Gasteiger partial charge is 0.317 e. The fourth-order valence-corrected chi connectivity index (χ4v) is 3.35. The number of nitrogens with one attached hydrogen (secondary N) is 1. The van der Waals surface area contributed by atoms with Gasteiger partial charge in [-0.3, -0.25) is 4.90 Å². The summed E-state index contributed by atoms with van der Waals surface area (Å²) in [5, 5.41) is 3.51. The molecule has 17 heavy (non-hydrogen) atoms. The Balaban J connectivity index is 1.96. The molecular weight excluding hydrogens is 208 g/mol. The van der Waals surface area contributed by atoms with Crippen molar-refractivity contribution in [2.24, 2.45) is 5.41 Å². The predicted molar refractivity (Wildman–Crippen MR) is 74.2 cm³/mol. The van der Waals surface area contributed by atoms with Gasteiger partial charge in [-0.2, -0.15) is 0 Å². The van der Waals surface area contributed by atoms with Crippen LogP contribution in [0.4, 0.5) is 0 Å². The predicted octanol–water partition coefficient (Wildman–Crippen LogP) is 2.81. The van der Waals surface area contributed by atoms with E-state index in [0.717, 1.165) is 12.6 Å². The minimum absolute atomic E-state index is 0.589. The molecule has 0 atom stereocenters. The highest BCUT2D eigenvalue weighted by atomic mass is 15.2. The molecule has 0 aromatic heterocycles. The van der Waals surface area contributed by atoms with Crippen LogP contribution >= 0.6 is 0 Å². The van der Waals surface area contributed by atoms with E-state index in [4.69, 9.17) is 0 Å². The van der Waals surface area contributed by atoms with Crippen LogP contribution in [-0.4, -0.2) is 37.1 Å². The molecule has 1 N–H and O–H groups in total. The summed E-state index contributed by atoms with van der Waals surface area (Å²) in [4.78, 5) is 2.69. The second-order valence-corrected chi connectivity index (χ2v) is 5.95. The number of hydrogen-bond donors (Lipinski definition) is 1. The highest BCUT2D eigenvalue weighted by Gasteiger charge is 2.37. The molecule has 2 heteroatoms. The zero-order chi connectivity index (χ0) is 12.1. The molecule has 2 rings (SSSR count). The fourth-order valence-electron chi connectivity index (χ4n) is 3.35. The first-order valence-corrected chi connectivity index (χ1v) is 7.35. The van der Waals surface area contributed by atoms with Gasteiger partial charge in [0.25, 0.3) is 0 Å². The van der Waals surface area contributed by atoms with Gasteiger partial charge in [0, 0.05) is 19.1 Å². The third kappa shape index (κ3) is 3.56. The van der Waals surface area contributed by atoms with Crippen molar-refractivity contribution in [3.8, 4) is 0 Å². The molecule has 2 aliphatic rings. The summed E-state index contributed by atoms with van der Waals surface area (Å²) < 4.78 is 0. The van der Waals surface area contributed by atoms with Gasteiger partial charge in [-0.1, -0.05) is 19.4 Å². The van der Waals surface area contributed by atoms with Crippen molar-refractivity contribution in [1.29, 1.82) is 0 Å². The molecule has 1 heterocycles. The Morgan fingerprint density at radius 3 is 2.59 bits per heavy atom. The molecule has 0 aromatic rings. The first kappa shape index (κ1) is 13.1. The van der Waals surface area contributed by atoms with Gasteiger partial charge >= 0.3 is 0 Å². The topological polar surface area (TPSA) is 15.3 Å². The van der Waals surface area contributed by atoms with Crippen molar-refractivity contribution in [2.75, 3.05) is 26.2 Å². The summed E-state index contributed by atoms with van der Waals surface area (Å²) in [7, 11) is 0. The molecule has 0 amide bonds. The third-order valence-corrected chi connectivity index (χ3v) is 4.41. The van der Waals surface area contributed by atoms with Gasteiger partial charge in [0.1, 0.15) is 0 Å². The van der Waals surface area contributed by atoms with Crippen LogP contribution in [0.3, 0.4) is 0 Å². The molecule has 98 valence electrons. The molecule has 0 unspecified atom stereocenters. The van der Waals surface area contributed by atoms with Gasteiger partial charge in [0.2, 0.25) is 0 Å². The van der Waals surface area contributed by atoms with Crippen LogP contribution in [-0.2, 0) is 0 Å². The van der Waals surface area contributed by atoms with Crippen molar-refractivity contribution in [2.45, 2.75) is 51.5 Å². The molecule has 2 nitrogen and oxygen atoms in total. The fraction of sp³-hybridized carbons (Fsp3) is 0.867. The number of nitrogens with zero attached hydrogens (tertiary/aromatic N) is 1. The van der Waals surface area contributed by atoms with E-state index in [9.17, 15) is 0 Å². The van der Waals surface area contributed by atoms with E-state index in [1.54, 1.807) is 0 Å². The van der Waals surface area contributed by atoms with Gasteiger partial charge in [0.15, 0.2) is 0 Å². The summed E-state index contributed by atoms with van der Waals surface area (Å²) in [6, 6.07) is 0.872. The second kappa shape index (κ2) is 6.01. The molecule has 0 spiro atoms. The van der Waals surface area contributed by atoms with Gasteiger partial charge in [-0.25, -0.2) is 0 Å². The summed E-state index contributed by atoms with van der Waals surface area (Å²) in [6.07, 6.45) is 10.4. The monoisotopic (exact) mass is 236 g/mol. The van der Waals surface area contributed by atoms with Gasteiger partial charge in [-0.05, 0) is 50.6 Å². The molecule has 1 saturated carbocycles. The summed E-state index contributed by atoms with van der Waals surface area (Å²) in [5.41, 5.74) is 0.589. The Morgan fingerprint density at radius 1 is 1.35 bits per heavy atom. The molecule has 1 aliphatic heterocycles. The minimum Gasteiger partial charge on any atom is -0.317 e. The van der Waals surface area contributed by atoms with E-state index in [1.807, 2.05) is 0 Å². The van der Waals surface area contributed by atoms with E-state index < -0.39 is 0 Å². The lowest BCUT2D eigenvalue weighted by Crippen LogP contribution is -2.45. The molecule has 0 radical (unpaired) electrons. The molecule has 1 saturated heterocycles. The maximum Gasteiger partial charge on any atom is 0.0163 e. The van der Waals surface area contributed by atoms with Crippen molar-refractivity contribution in [1.82, 2.24) is 10.2 Å². The minimum atomic E-state index is 0.589. The van der Waals surface area contributed by atoms with Crippen LogP contribution in [0.2, 0.25) is 0 Å². The standard InChI is InChI=1S/C15H28N2/c1-3-7-15(8-10-16-11-9-15)13-17(12-4-2)14-5-6-14/h4,14,16H,2-3,5-13H2,1H3. The van der Waals surface area contributed by atoms with Gasteiger partial charge in [-0.15, -0.1) is 6.58 Å². The molecular formula is C15H28N2. The third-order valence-electron chi connectivity index (χ3n) is 4.41. The second-order valence-electron chi connectivity index (χ2n) is 5.95. The molecule has 1 aliphatic carbocycles. The maximum atomic E-state index is 3.92. The van der Waals surface area contributed by atoms with Crippen molar-refractivity contribution in [3.63, 3.8) is 0 Å². The first-order chi connectivity index (χ1) is 8.29. The summed E-state index contributed by atoms with van der Waals surface area (Å²) in [5.74, 6) is 0. The van der Waals surface area contributed by atoms with Crippen LogP contribution < -0.4 is 5.32 Å². The molecule has 0 aromatic carbocycles. The van der Waals surface area contributed by atoms with E-state index in [0.29, 0.717) is 5.41 Å². The first-order valence-electron chi connectivity index (χ1n) is 7.35. The molecule has 0 bridgehead atoms. The highest BCUT2D eigenvalue weighted by molar-refractivity contribution is 4.94. The van der Waals surface area contributed by atoms with Gasteiger partial charge in [0.05, 0.1) is 0 Å². The Bertz CT molecular complexity index is 234. The normalized spacial score (nSPS) is 23.9. The number of hydrogen-bond acceptors (Lipinski definition) is 2. The quantitative estimate of drug-likeness (QED) is 0.684. The molecule has 2 fully saturated rings. The lowest BCUT2D eigenvalue weighted by atomic mass is 9.75. The Morgan fingerprint density at radius 2 is 2.06 bits per heavy atom. The zero-order valence-corrected chi connectivity index (χ0v) is 11.4. The van der Waals surface area contributed by atoms with Crippen molar-refractivity contribution in [3.05, 3.63) is 12.7 Å². The van der Waals surface area contributed by atoms with E-state index in [2.05, 4.69) is 29.8 Å². The number of rotatable bonds is 7. The lowest BCUT2D eigenvalue weighted by Gasteiger charge is -2.41. The summed E-state index contributed by atoms with van der Waals surface area (Å²) >= 11 is 0. The number of piperidine rings is 1. The average molecular weight is 236 g/mol. The Hall–Kier alpha value is -0.340. The van der Waals surface area contributed by atoms with E-state index in [-0.39, 0.29) is 0 Å². The van der Waals surface area contributed by atoms with Crippen molar-refractivity contribution < 1.29 is 0 Å².